The van der Waals surface area contributed by atoms with E-state index in [-0.39, 0.29) is 5.69 Å². The van der Waals surface area contributed by atoms with Crippen LogP contribution in [0.5, 0.6) is 0 Å². The second kappa shape index (κ2) is 8.62. The fourth-order valence-corrected chi connectivity index (χ4v) is 2.22. The molecule has 0 saturated heterocycles. The minimum atomic E-state index is -0.722. The molecule has 0 fully saturated rings. The van der Waals surface area contributed by atoms with Gasteiger partial charge < -0.3 is 16.4 Å². The van der Waals surface area contributed by atoms with E-state index in [9.17, 15) is 13.6 Å². The third kappa shape index (κ3) is 5.31. The number of anilines is 2. The van der Waals surface area contributed by atoms with E-state index in [0.717, 1.165) is 29.3 Å². The first-order valence-corrected chi connectivity index (χ1v) is 7.79. The van der Waals surface area contributed by atoms with Crippen molar-refractivity contribution in [1.29, 1.82) is 0 Å². The van der Waals surface area contributed by atoms with E-state index in [4.69, 9.17) is 5.73 Å². The predicted molar refractivity (Wildman–Crippen MR) is 102 cm³/mol. The molecule has 0 spiro atoms. The highest BCUT2D eigenvalue weighted by Crippen LogP contribution is 2.20. The highest BCUT2D eigenvalue weighted by Gasteiger charge is 2.08. The molecule has 134 valence electrons. The summed E-state index contributed by atoms with van der Waals surface area (Å²) in [5.74, 6) is -1.36. The molecule has 0 aliphatic rings. The van der Waals surface area contributed by atoms with Gasteiger partial charge in [0.05, 0.1) is 5.69 Å². The maximum Gasteiger partial charge on any atom is 0.323 e. The lowest BCUT2D eigenvalue weighted by Crippen LogP contribution is -2.20. The summed E-state index contributed by atoms with van der Waals surface area (Å²) in [5, 5.41) is 4.82. The van der Waals surface area contributed by atoms with Crippen LogP contribution in [0.3, 0.4) is 0 Å². The predicted octanol–water partition coefficient (Wildman–Crippen LogP) is 5.04. The van der Waals surface area contributed by atoms with E-state index in [0.29, 0.717) is 11.4 Å². The summed E-state index contributed by atoms with van der Waals surface area (Å²) in [4.78, 5) is 12.0. The van der Waals surface area contributed by atoms with Gasteiger partial charge in [0, 0.05) is 17.5 Å². The van der Waals surface area contributed by atoms with Crippen LogP contribution in [0.25, 0.3) is 5.57 Å². The van der Waals surface area contributed by atoms with Gasteiger partial charge in [-0.3, -0.25) is 0 Å². The molecule has 26 heavy (non-hydrogen) atoms. The Hall–Kier alpha value is -3.41. The highest BCUT2D eigenvalue weighted by molar-refractivity contribution is 5.99. The average molecular weight is 355 g/mol. The Labute approximate surface area is 150 Å². The van der Waals surface area contributed by atoms with Gasteiger partial charge in [0.25, 0.3) is 0 Å². The Balaban J connectivity index is 2.10. The summed E-state index contributed by atoms with van der Waals surface area (Å²) in [7, 11) is 0. The Morgan fingerprint density at radius 3 is 2.42 bits per heavy atom. The molecule has 0 bridgehead atoms. The number of hydrogen-bond donors (Lipinski definition) is 3. The zero-order chi connectivity index (χ0) is 19.1. The molecule has 4 N–H and O–H groups in total. The van der Waals surface area contributed by atoms with Crippen molar-refractivity contribution in [2.75, 3.05) is 10.6 Å². The van der Waals surface area contributed by atoms with Gasteiger partial charge in [-0.25, -0.2) is 13.6 Å². The Kier molecular flexibility index (Phi) is 6.27. The molecule has 2 aromatic carbocycles. The molecule has 0 heterocycles. The van der Waals surface area contributed by atoms with Crippen molar-refractivity contribution in [3.63, 3.8) is 0 Å². The summed E-state index contributed by atoms with van der Waals surface area (Å²) in [6, 6.07) is 9.12. The van der Waals surface area contributed by atoms with Crippen molar-refractivity contribution >= 4 is 23.0 Å². The molecule has 0 aliphatic carbocycles. The molecule has 0 saturated carbocycles. The first kappa shape index (κ1) is 18.9. The van der Waals surface area contributed by atoms with Crippen molar-refractivity contribution in [3.8, 4) is 0 Å². The Bertz CT molecular complexity index is 867. The zero-order valence-electron chi connectivity index (χ0n) is 14.2. The molecule has 0 radical (unpaired) electrons. The molecule has 2 amide bonds. The lowest BCUT2D eigenvalue weighted by molar-refractivity contribution is 0.262. The summed E-state index contributed by atoms with van der Waals surface area (Å²) in [6.45, 7) is 5.45. The molecule has 2 rings (SSSR count). The monoisotopic (exact) mass is 355 g/mol. The number of hydrogen-bond acceptors (Lipinski definition) is 2. The average Bonchev–Trinajstić information content (AvgIpc) is 2.58. The summed E-state index contributed by atoms with van der Waals surface area (Å²) >= 11 is 0. The van der Waals surface area contributed by atoms with Crippen LogP contribution in [0.15, 0.2) is 73.0 Å². The summed E-state index contributed by atoms with van der Waals surface area (Å²) in [5.41, 5.74) is 8.38. The maximum atomic E-state index is 13.5. The molecule has 4 nitrogen and oxygen atoms in total. The number of halogens is 2. The van der Waals surface area contributed by atoms with Crippen LogP contribution in [-0.2, 0) is 0 Å². The maximum absolute atomic E-state index is 13.5. The number of carbonyl (C=O) groups excluding carboxylic acids is 1. The number of allylic oxidation sites excluding steroid dienone is 5. The third-order valence-electron chi connectivity index (χ3n) is 3.33. The molecule has 2 aromatic rings. The Morgan fingerprint density at radius 1 is 1.12 bits per heavy atom. The van der Waals surface area contributed by atoms with Crippen LogP contribution in [0.1, 0.15) is 12.5 Å². The van der Waals surface area contributed by atoms with Crippen LogP contribution in [0, 0.1) is 11.6 Å². The Morgan fingerprint density at radius 2 is 1.81 bits per heavy atom. The molecule has 0 unspecified atom stereocenters. The second-order valence-corrected chi connectivity index (χ2v) is 5.53. The van der Waals surface area contributed by atoms with Crippen molar-refractivity contribution in [2.45, 2.75) is 6.92 Å². The van der Waals surface area contributed by atoms with Crippen molar-refractivity contribution < 1.29 is 13.6 Å². The van der Waals surface area contributed by atoms with E-state index in [1.165, 1.54) is 0 Å². The normalized spacial score (nSPS) is 11.8. The molecule has 0 atom stereocenters. The molecule has 0 aliphatic heterocycles. The van der Waals surface area contributed by atoms with Crippen molar-refractivity contribution in [2.24, 2.45) is 5.73 Å². The fourth-order valence-electron chi connectivity index (χ4n) is 2.22. The summed E-state index contributed by atoms with van der Waals surface area (Å²) < 4.78 is 26.7. The third-order valence-corrected chi connectivity index (χ3v) is 3.33. The molecular weight excluding hydrogens is 336 g/mol. The van der Waals surface area contributed by atoms with E-state index >= 15 is 0 Å². The van der Waals surface area contributed by atoms with Gasteiger partial charge in [0.15, 0.2) is 0 Å². The zero-order valence-corrected chi connectivity index (χ0v) is 14.2. The summed E-state index contributed by atoms with van der Waals surface area (Å²) in [6.07, 6.45) is 5.28. The lowest BCUT2D eigenvalue weighted by Gasteiger charge is -2.10. The minimum absolute atomic E-state index is 0.237. The largest absolute Gasteiger partial charge is 0.402 e. The van der Waals surface area contributed by atoms with Crippen LogP contribution in [0.2, 0.25) is 0 Å². The molecular formula is C20H19F2N3O. The van der Waals surface area contributed by atoms with E-state index in [1.807, 2.05) is 12.2 Å². The van der Waals surface area contributed by atoms with Crippen LogP contribution >= 0.6 is 0 Å². The molecule has 0 aromatic heterocycles. The van der Waals surface area contributed by atoms with Crippen molar-refractivity contribution in [1.82, 2.24) is 0 Å². The van der Waals surface area contributed by atoms with Gasteiger partial charge in [-0.05, 0) is 48.4 Å². The number of rotatable bonds is 5. The van der Waals surface area contributed by atoms with E-state index < -0.39 is 17.7 Å². The number of benzene rings is 2. The topological polar surface area (TPSA) is 67.1 Å². The standard InChI is InChI=1S/C20H19F2N3O/c1-3-4-15(11-13(2)23)14-5-8-17(9-6-14)24-20(26)25-19-12-16(21)7-10-18(19)22/h3-12H,1,23H2,2H3,(H2,24,25,26)/b13-11-,15-4+. The second-order valence-electron chi connectivity index (χ2n) is 5.53. The minimum Gasteiger partial charge on any atom is -0.402 e. The van der Waals surface area contributed by atoms with Crippen molar-refractivity contribution in [3.05, 3.63) is 90.2 Å². The highest BCUT2D eigenvalue weighted by atomic mass is 19.1. The fraction of sp³-hybridized carbons (Fsp3) is 0.0500. The number of amides is 2. The van der Waals surface area contributed by atoms with E-state index in [1.54, 1.807) is 37.3 Å². The number of carbonyl (C=O) groups is 1. The number of nitrogens with two attached hydrogens (primary N) is 1. The smallest absolute Gasteiger partial charge is 0.323 e. The van der Waals surface area contributed by atoms with Crippen LogP contribution in [-0.4, -0.2) is 6.03 Å². The lowest BCUT2D eigenvalue weighted by atomic mass is 10.0. The van der Waals surface area contributed by atoms with Gasteiger partial charge in [0.2, 0.25) is 0 Å². The van der Waals surface area contributed by atoms with Gasteiger partial charge in [-0.15, -0.1) is 0 Å². The SMILES string of the molecule is C=C/C=C(\C=C(\C)N)c1ccc(NC(=O)Nc2cc(F)ccc2F)cc1. The van der Waals surface area contributed by atoms with Crippen LogP contribution < -0.4 is 16.4 Å². The molecule has 6 heteroatoms. The van der Waals surface area contributed by atoms with Gasteiger partial charge in [-0.1, -0.05) is 30.9 Å². The van der Waals surface area contributed by atoms with E-state index in [2.05, 4.69) is 17.2 Å². The first-order valence-electron chi connectivity index (χ1n) is 7.79. The quantitative estimate of drug-likeness (QED) is 0.658. The number of nitrogens with one attached hydrogen (secondary N) is 2. The van der Waals surface area contributed by atoms with Gasteiger partial charge >= 0.3 is 6.03 Å². The van der Waals surface area contributed by atoms with Gasteiger partial charge in [-0.2, -0.15) is 0 Å². The number of urea groups is 1. The first-order chi connectivity index (χ1) is 12.4. The van der Waals surface area contributed by atoms with Gasteiger partial charge in [0.1, 0.15) is 11.6 Å². The van der Waals surface area contributed by atoms with Crippen LogP contribution in [0.4, 0.5) is 25.0 Å².